The highest BCUT2D eigenvalue weighted by atomic mass is 35.5. The lowest BCUT2D eigenvalue weighted by atomic mass is 10.1. The van der Waals surface area contributed by atoms with Gasteiger partial charge in [0, 0.05) is 18.3 Å². The number of nitrogens with one attached hydrogen (secondary N) is 1. The number of aromatic nitrogens is 3. The summed E-state index contributed by atoms with van der Waals surface area (Å²) in [6.45, 7) is 7.06. The Morgan fingerprint density at radius 1 is 1.26 bits per heavy atom. The molecule has 1 N–H and O–H groups in total. The minimum Gasteiger partial charge on any atom is -0.308 e. The Labute approximate surface area is 122 Å². The predicted octanol–water partition coefficient (Wildman–Crippen LogP) is 3.46. The van der Waals surface area contributed by atoms with Gasteiger partial charge in [-0.2, -0.15) is 5.10 Å². The van der Waals surface area contributed by atoms with E-state index >= 15 is 0 Å². The molecule has 0 spiro atoms. The molecule has 4 nitrogen and oxygen atoms in total. The Morgan fingerprint density at radius 2 is 2.00 bits per heavy atom. The Balaban J connectivity index is 2.18. The number of halogens is 2. The summed E-state index contributed by atoms with van der Waals surface area (Å²) in [7, 11) is 0. The SMILES string of the molecule is CC(C)(C)NCc1cnc(-n2cc(Cl)cn2)c(Cl)c1. The van der Waals surface area contributed by atoms with Crippen LogP contribution in [-0.2, 0) is 6.54 Å². The van der Waals surface area contributed by atoms with Crippen LogP contribution in [0.15, 0.2) is 24.7 Å². The Bertz CT molecular complexity index is 572. The van der Waals surface area contributed by atoms with Gasteiger partial charge in [0.2, 0.25) is 0 Å². The molecule has 0 saturated heterocycles. The van der Waals surface area contributed by atoms with E-state index in [2.05, 4.69) is 36.2 Å². The molecule has 0 aromatic carbocycles. The summed E-state index contributed by atoms with van der Waals surface area (Å²) in [4.78, 5) is 4.33. The van der Waals surface area contributed by atoms with E-state index in [0.717, 1.165) is 12.1 Å². The Hall–Kier alpha value is -1.10. The third kappa shape index (κ3) is 3.93. The third-order valence-corrected chi connectivity index (χ3v) is 2.94. The zero-order chi connectivity index (χ0) is 14.0. The molecule has 19 heavy (non-hydrogen) atoms. The molecule has 0 radical (unpaired) electrons. The van der Waals surface area contributed by atoms with Crippen LogP contribution in [0.25, 0.3) is 5.82 Å². The fraction of sp³-hybridized carbons (Fsp3) is 0.385. The molecule has 0 aliphatic heterocycles. The van der Waals surface area contributed by atoms with Crippen molar-refractivity contribution in [3.05, 3.63) is 40.3 Å². The van der Waals surface area contributed by atoms with Crippen molar-refractivity contribution in [2.75, 3.05) is 0 Å². The van der Waals surface area contributed by atoms with Crippen molar-refractivity contribution in [2.45, 2.75) is 32.9 Å². The van der Waals surface area contributed by atoms with Gasteiger partial charge >= 0.3 is 0 Å². The van der Waals surface area contributed by atoms with Gasteiger partial charge in [0.25, 0.3) is 0 Å². The van der Waals surface area contributed by atoms with Gasteiger partial charge in [-0.1, -0.05) is 23.2 Å². The van der Waals surface area contributed by atoms with Crippen molar-refractivity contribution in [2.24, 2.45) is 0 Å². The highest BCUT2D eigenvalue weighted by Crippen LogP contribution is 2.20. The summed E-state index contributed by atoms with van der Waals surface area (Å²) >= 11 is 12.1. The summed E-state index contributed by atoms with van der Waals surface area (Å²) in [5.74, 6) is 0.577. The molecule has 0 unspecified atom stereocenters. The molecule has 0 aliphatic carbocycles. The average molecular weight is 299 g/mol. The molecule has 0 aliphatic rings. The number of hydrogen-bond acceptors (Lipinski definition) is 3. The van der Waals surface area contributed by atoms with Gasteiger partial charge in [-0.3, -0.25) is 0 Å². The smallest absolute Gasteiger partial charge is 0.172 e. The van der Waals surface area contributed by atoms with Gasteiger partial charge in [0.05, 0.1) is 22.4 Å². The summed E-state index contributed by atoms with van der Waals surface area (Å²) in [5.41, 5.74) is 1.09. The van der Waals surface area contributed by atoms with E-state index in [9.17, 15) is 0 Å². The van der Waals surface area contributed by atoms with Crippen LogP contribution in [0.5, 0.6) is 0 Å². The van der Waals surface area contributed by atoms with E-state index in [-0.39, 0.29) is 5.54 Å². The first-order valence-corrected chi connectivity index (χ1v) is 6.71. The molecular formula is C13H16Cl2N4. The highest BCUT2D eigenvalue weighted by Gasteiger charge is 2.11. The van der Waals surface area contributed by atoms with Gasteiger partial charge in [0.15, 0.2) is 5.82 Å². The zero-order valence-electron chi connectivity index (χ0n) is 11.1. The molecule has 102 valence electrons. The molecule has 0 atom stereocenters. The number of rotatable bonds is 3. The normalized spacial score (nSPS) is 11.8. The van der Waals surface area contributed by atoms with E-state index in [0.29, 0.717) is 15.9 Å². The van der Waals surface area contributed by atoms with E-state index in [1.54, 1.807) is 23.3 Å². The van der Waals surface area contributed by atoms with Crippen LogP contribution >= 0.6 is 23.2 Å². The average Bonchev–Trinajstić information content (AvgIpc) is 2.72. The molecule has 2 heterocycles. The monoisotopic (exact) mass is 298 g/mol. The molecule has 2 rings (SSSR count). The number of nitrogens with zero attached hydrogens (tertiary/aromatic N) is 3. The second kappa shape index (κ2) is 5.49. The van der Waals surface area contributed by atoms with Crippen molar-refractivity contribution >= 4 is 23.2 Å². The maximum atomic E-state index is 6.23. The second-order valence-electron chi connectivity index (χ2n) is 5.36. The predicted molar refractivity (Wildman–Crippen MR) is 78.0 cm³/mol. The highest BCUT2D eigenvalue weighted by molar-refractivity contribution is 6.32. The second-order valence-corrected chi connectivity index (χ2v) is 6.20. The lowest BCUT2D eigenvalue weighted by Crippen LogP contribution is -2.35. The summed E-state index contributed by atoms with van der Waals surface area (Å²) in [5, 5.41) is 8.57. The first kappa shape index (κ1) is 14.3. The van der Waals surface area contributed by atoms with Gasteiger partial charge < -0.3 is 5.32 Å². The first-order valence-electron chi connectivity index (χ1n) is 5.95. The van der Waals surface area contributed by atoms with Crippen LogP contribution in [0.4, 0.5) is 0 Å². The molecule has 2 aromatic rings. The Kier molecular flexibility index (Phi) is 4.13. The largest absolute Gasteiger partial charge is 0.308 e. The van der Waals surface area contributed by atoms with E-state index in [4.69, 9.17) is 23.2 Å². The van der Waals surface area contributed by atoms with Crippen LogP contribution in [0.3, 0.4) is 0 Å². The lowest BCUT2D eigenvalue weighted by Gasteiger charge is -2.20. The number of hydrogen-bond donors (Lipinski definition) is 1. The number of pyridine rings is 1. The molecule has 6 heteroatoms. The van der Waals surface area contributed by atoms with E-state index < -0.39 is 0 Å². The topological polar surface area (TPSA) is 42.7 Å². The minimum absolute atomic E-state index is 0.0562. The van der Waals surface area contributed by atoms with Crippen molar-refractivity contribution in [1.29, 1.82) is 0 Å². The van der Waals surface area contributed by atoms with Crippen molar-refractivity contribution in [1.82, 2.24) is 20.1 Å². The maximum absolute atomic E-state index is 6.23. The van der Waals surface area contributed by atoms with Crippen molar-refractivity contribution in [3.63, 3.8) is 0 Å². The molecule has 0 saturated carbocycles. The molecule has 0 fully saturated rings. The van der Waals surface area contributed by atoms with Gasteiger partial charge in [-0.15, -0.1) is 0 Å². The minimum atomic E-state index is 0.0562. The van der Waals surface area contributed by atoms with Gasteiger partial charge in [0.1, 0.15) is 0 Å². The van der Waals surface area contributed by atoms with Crippen LogP contribution in [0.1, 0.15) is 26.3 Å². The fourth-order valence-corrected chi connectivity index (χ4v) is 1.93. The standard InChI is InChI=1S/C13H16Cl2N4/c1-13(2,3)17-6-9-4-11(15)12(16-5-9)19-8-10(14)7-18-19/h4-5,7-8,17H,6H2,1-3H3. The quantitative estimate of drug-likeness (QED) is 0.943. The Morgan fingerprint density at radius 3 is 2.53 bits per heavy atom. The maximum Gasteiger partial charge on any atom is 0.172 e. The summed E-state index contributed by atoms with van der Waals surface area (Å²) in [6, 6.07) is 1.89. The van der Waals surface area contributed by atoms with Crippen molar-refractivity contribution < 1.29 is 0 Å². The summed E-state index contributed by atoms with van der Waals surface area (Å²) in [6.07, 6.45) is 5.01. The molecule has 2 aromatic heterocycles. The van der Waals surface area contributed by atoms with Crippen LogP contribution in [0, 0.1) is 0 Å². The molecule has 0 bridgehead atoms. The first-order chi connectivity index (χ1) is 8.85. The molecular weight excluding hydrogens is 283 g/mol. The van der Waals surface area contributed by atoms with E-state index in [1.807, 2.05) is 6.07 Å². The van der Waals surface area contributed by atoms with Crippen LogP contribution < -0.4 is 5.32 Å². The van der Waals surface area contributed by atoms with Gasteiger partial charge in [-0.25, -0.2) is 9.67 Å². The summed E-state index contributed by atoms with van der Waals surface area (Å²) < 4.78 is 1.56. The van der Waals surface area contributed by atoms with Crippen molar-refractivity contribution in [3.8, 4) is 5.82 Å². The molecule has 0 amide bonds. The lowest BCUT2D eigenvalue weighted by molar-refractivity contribution is 0.424. The van der Waals surface area contributed by atoms with Gasteiger partial charge in [-0.05, 0) is 32.4 Å². The zero-order valence-corrected chi connectivity index (χ0v) is 12.6. The van der Waals surface area contributed by atoms with E-state index in [1.165, 1.54) is 0 Å². The fourth-order valence-electron chi connectivity index (χ4n) is 1.52. The van der Waals surface area contributed by atoms with Crippen LogP contribution in [-0.4, -0.2) is 20.3 Å². The van der Waals surface area contributed by atoms with Crippen LogP contribution in [0.2, 0.25) is 10.0 Å². The third-order valence-electron chi connectivity index (χ3n) is 2.47.